The average Bonchev–Trinajstić information content (AvgIpc) is 3.09. The number of nitrogens with zero attached hydrogens (tertiary/aromatic N) is 4. The molecule has 1 unspecified atom stereocenters. The summed E-state index contributed by atoms with van der Waals surface area (Å²) >= 11 is 0. The first-order valence-corrected chi connectivity index (χ1v) is 6.85. The van der Waals surface area contributed by atoms with Crippen LogP contribution in [0.3, 0.4) is 0 Å². The molecule has 0 spiro atoms. The summed E-state index contributed by atoms with van der Waals surface area (Å²) in [7, 11) is 1.57. The zero-order valence-electron chi connectivity index (χ0n) is 12.3. The third kappa shape index (κ3) is 2.27. The molecule has 21 heavy (non-hydrogen) atoms. The van der Waals surface area contributed by atoms with Crippen molar-refractivity contribution in [3.63, 3.8) is 0 Å². The van der Waals surface area contributed by atoms with Gasteiger partial charge < -0.3 is 14.2 Å². The van der Waals surface area contributed by atoms with Crippen LogP contribution in [0, 0.1) is 0 Å². The van der Waals surface area contributed by atoms with Crippen molar-refractivity contribution in [3.8, 4) is 5.75 Å². The van der Waals surface area contributed by atoms with Crippen LogP contribution in [0.2, 0.25) is 0 Å². The van der Waals surface area contributed by atoms with E-state index < -0.39 is 6.10 Å². The number of pyridine rings is 1. The minimum atomic E-state index is -0.884. The van der Waals surface area contributed by atoms with Crippen LogP contribution in [0.15, 0.2) is 36.8 Å². The maximum atomic E-state index is 10.7. The molecule has 0 radical (unpaired) electrons. The average molecular weight is 286 g/mol. The Labute approximate surface area is 122 Å². The lowest BCUT2D eigenvalue weighted by atomic mass is 10.2. The lowest BCUT2D eigenvalue weighted by Crippen LogP contribution is -2.13. The molecule has 1 atom stereocenters. The molecule has 110 valence electrons. The maximum absolute atomic E-state index is 10.7. The highest BCUT2D eigenvalue weighted by atomic mass is 16.5. The molecule has 6 nitrogen and oxygen atoms in total. The Kier molecular flexibility index (Phi) is 3.39. The summed E-state index contributed by atoms with van der Waals surface area (Å²) in [6.07, 6.45) is 4.45. The van der Waals surface area contributed by atoms with Crippen LogP contribution in [-0.2, 0) is 0 Å². The lowest BCUT2D eigenvalue weighted by molar-refractivity contribution is 0.195. The number of ether oxygens (including phenoxy) is 1. The van der Waals surface area contributed by atoms with E-state index in [1.54, 1.807) is 18.0 Å². The molecule has 0 aliphatic rings. The normalized spacial score (nSPS) is 13.0. The summed E-state index contributed by atoms with van der Waals surface area (Å²) < 4.78 is 8.95. The Morgan fingerprint density at radius 2 is 2.10 bits per heavy atom. The molecule has 0 aliphatic heterocycles. The SMILES string of the molecule is COc1cnn(C(C)C)c1C(O)c1cn2ccccc2n1. The Hall–Kier alpha value is -2.34. The van der Waals surface area contributed by atoms with Gasteiger partial charge in [0.1, 0.15) is 17.4 Å². The van der Waals surface area contributed by atoms with E-state index in [1.807, 2.05) is 48.8 Å². The Bertz CT molecular complexity index is 727. The molecule has 0 amide bonds. The van der Waals surface area contributed by atoms with Crippen LogP contribution in [0.25, 0.3) is 5.65 Å². The van der Waals surface area contributed by atoms with Crippen molar-refractivity contribution in [2.24, 2.45) is 0 Å². The fourth-order valence-corrected chi connectivity index (χ4v) is 2.41. The molecular formula is C15H18N4O2. The molecule has 0 bridgehead atoms. The second-order valence-corrected chi connectivity index (χ2v) is 5.17. The smallest absolute Gasteiger partial charge is 0.163 e. The standard InChI is InChI=1S/C15H18N4O2/c1-10(2)19-14(12(21-3)8-16-19)15(20)11-9-18-7-5-4-6-13(18)17-11/h4-10,15,20H,1-3H3. The molecule has 3 aromatic heterocycles. The third-order valence-electron chi connectivity index (χ3n) is 3.43. The van der Waals surface area contributed by atoms with Gasteiger partial charge in [-0.15, -0.1) is 0 Å². The predicted molar refractivity (Wildman–Crippen MR) is 78.4 cm³/mol. The minimum Gasteiger partial charge on any atom is -0.493 e. The number of fused-ring (bicyclic) bond motifs is 1. The molecule has 0 saturated heterocycles. The van der Waals surface area contributed by atoms with Gasteiger partial charge in [0.05, 0.1) is 19.0 Å². The zero-order chi connectivity index (χ0) is 15.0. The fourth-order valence-electron chi connectivity index (χ4n) is 2.41. The van der Waals surface area contributed by atoms with E-state index in [1.165, 1.54) is 0 Å². The van der Waals surface area contributed by atoms with Crippen LogP contribution in [0.1, 0.15) is 37.4 Å². The number of aliphatic hydroxyl groups excluding tert-OH is 1. The van der Waals surface area contributed by atoms with E-state index in [9.17, 15) is 5.11 Å². The molecule has 3 rings (SSSR count). The van der Waals surface area contributed by atoms with Gasteiger partial charge in [0.25, 0.3) is 0 Å². The monoisotopic (exact) mass is 286 g/mol. The minimum absolute atomic E-state index is 0.121. The summed E-state index contributed by atoms with van der Waals surface area (Å²) in [6.45, 7) is 4.01. The van der Waals surface area contributed by atoms with Crippen LogP contribution in [0.5, 0.6) is 5.75 Å². The van der Waals surface area contributed by atoms with E-state index in [0.29, 0.717) is 17.1 Å². The van der Waals surface area contributed by atoms with Crippen LogP contribution in [-0.4, -0.2) is 31.4 Å². The number of rotatable bonds is 4. The summed E-state index contributed by atoms with van der Waals surface area (Å²) in [5.74, 6) is 0.563. The Balaban J connectivity index is 2.08. The highest BCUT2D eigenvalue weighted by Gasteiger charge is 2.24. The molecular weight excluding hydrogens is 268 g/mol. The zero-order valence-corrected chi connectivity index (χ0v) is 12.3. The molecule has 0 saturated carbocycles. The van der Waals surface area contributed by atoms with Crippen LogP contribution < -0.4 is 4.74 Å². The molecule has 6 heteroatoms. The van der Waals surface area contributed by atoms with Gasteiger partial charge in [-0.3, -0.25) is 4.68 Å². The topological polar surface area (TPSA) is 64.6 Å². The van der Waals surface area contributed by atoms with E-state index in [-0.39, 0.29) is 6.04 Å². The Morgan fingerprint density at radius 1 is 1.29 bits per heavy atom. The van der Waals surface area contributed by atoms with Crippen molar-refractivity contribution in [3.05, 3.63) is 48.2 Å². The summed E-state index contributed by atoms with van der Waals surface area (Å²) in [6, 6.07) is 5.85. The first-order chi connectivity index (χ1) is 10.1. The van der Waals surface area contributed by atoms with Crippen molar-refractivity contribution in [1.29, 1.82) is 0 Å². The summed E-state index contributed by atoms with van der Waals surface area (Å²) in [4.78, 5) is 4.46. The third-order valence-corrected chi connectivity index (χ3v) is 3.43. The number of aromatic nitrogens is 4. The van der Waals surface area contributed by atoms with E-state index in [4.69, 9.17) is 4.74 Å². The molecule has 3 aromatic rings. The highest BCUT2D eigenvalue weighted by Crippen LogP contribution is 2.31. The molecule has 1 N–H and O–H groups in total. The maximum Gasteiger partial charge on any atom is 0.163 e. The fraction of sp³-hybridized carbons (Fsp3) is 0.333. The quantitative estimate of drug-likeness (QED) is 0.798. The first kappa shape index (κ1) is 13.6. The van der Waals surface area contributed by atoms with E-state index in [2.05, 4.69) is 10.1 Å². The first-order valence-electron chi connectivity index (χ1n) is 6.85. The second kappa shape index (κ2) is 5.21. The number of hydrogen-bond donors (Lipinski definition) is 1. The van der Waals surface area contributed by atoms with Crippen molar-refractivity contribution in [2.45, 2.75) is 26.0 Å². The molecule has 0 aliphatic carbocycles. The van der Waals surface area contributed by atoms with Gasteiger partial charge >= 0.3 is 0 Å². The van der Waals surface area contributed by atoms with Gasteiger partial charge in [-0.25, -0.2) is 4.98 Å². The van der Waals surface area contributed by atoms with Crippen molar-refractivity contribution >= 4 is 5.65 Å². The van der Waals surface area contributed by atoms with Crippen molar-refractivity contribution in [2.75, 3.05) is 7.11 Å². The van der Waals surface area contributed by atoms with Gasteiger partial charge in [0.2, 0.25) is 0 Å². The molecule has 0 aromatic carbocycles. The van der Waals surface area contributed by atoms with Gasteiger partial charge in [-0.05, 0) is 26.0 Å². The van der Waals surface area contributed by atoms with Gasteiger partial charge in [-0.2, -0.15) is 5.10 Å². The predicted octanol–water partition coefficient (Wildman–Crippen LogP) is 2.20. The highest BCUT2D eigenvalue weighted by molar-refractivity contribution is 5.42. The van der Waals surface area contributed by atoms with Crippen LogP contribution >= 0.6 is 0 Å². The summed E-state index contributed by atoms with van der Waals surface area (Å²) in [5.41, 5.74) is 1.99. The van der Waals surface area contributed by atoms with Gasteiger partial charge in [0, 0.05) is 18.4 Å². The van der Waals surface area contributed by atoms with Crippen molar-refractivity contribution < 1.29 is 9.84 Å². The number of imidazole rings is 1. The summed E-state index contributed by atoms with van der Waals surface area (Å²) in [5, 5.41) is 15.0. The number of methoxy groups -OCH3 is 1. The van der Waals surface area contributed by atoms with Gasteiger partial charge in [0.15, 0.2) is 5.75 Å². The molecule has 0 fully saturated rings. The second-order valence-electron chi connectivity index (χ2n) is 5.17. The number of aliphatic hydroxyl groups is 1. The van der Waals surface area contributed by atoms with E-state index >= 15 is 0 Å². The lowest BCUT2D eigenvalue weighted by Gasteiger charge is -2.15. The van der Waals surface area contributed by atoms with E-state index in [0.717, 1.165) is 5.65 Å². The van der Waals surface area contributed by atoms with Crippen molar-refractivity contribution in [1.82, 2.24) is 19.2 Å². The molecule has 3 heterocycles. The largest absolute Gasteiger partial charge is 0.493 e. The Morgan fingerprint density at radius 3 is 2.76 bits per heavy atom. The van der Waals surface area contributed by atoms with Crippen LogP contribution in [0.4, 0.5) is 0 Å². The van der Waals surface area contributed by atoms with Gasteiger partial charge in [-0.1, -0.05) is 6.07 Å². The number of hydrogen-bond acceptors (Lipinski definition) is 4.